The molecule has 4 aromatic carbocycles. The zero-order chi connectivity index (χ0) is 22.8. The Morgan fingerprint density at radius 2 is 0.719 bits per heavy atom. The lowest BCUT2D eigenvalue weighted by Crippen LogP contribution is -1.98. The van der Waals surface area contributed by atoms with E-state index in [9.17, 15) is 0 Å². The maximum atomic E-state index is 5.24. The first kappa shape index (κ1) is 22.5. The van der Waals surface area contributed by atoms with Gasteiger partial charge >= 0.3 is 0 Å². The molecule has 0 aliphatic rings. The third-order valence-corrected chi connectivity index (χ3v) is 5.21. The summed E-state index contributed by atoms with van der Waals surface area (Å²) in [4.78, 5) is 0. The van der Waals surface area contributed by atoms with Crippen molar-refractivity contribution >= 4 is 11.4 Å². The van der Waals surface area contributed by atoms with Crippen LogP contribution in [0.15, 0.2) is 119 Å². The third-order valence-electron chi connectivity index (χ3n) is 5.21. The molecule has 4 heteroatoms. The molecule has 0 bridgehead atoms. The van der Waals surface area contributed by atoms with Gasteiger partial charge in [-0.3, -0.25) is 0 Å². The molecule has 0 saturated heterocycles. The molecule has 4 aromatic rings. The van der Waals surface area contributed by atoms with Crippen LogP contribution in [0, 0.1) is 0 Å². The molecule has 0 atom stereocenters. The standard InChI is InChI=1S/2C14H14N2/c2*1-11(16-15)12-7-9-14(10-8-12)13-5-3-2-4-6-13/h2*2-10H,15H2,1H3/b2*16-11+. The molecule has 0 fully saturated rings. The molecule has 4 N–H and O–H groups in total. The average Bonchev–Trinajstić information content (AvgIpc) is 2.89. The van der Waals surface area contributed by atoms with Crippen LogP contribution in [0.4, 0.5) is 0 Å². The van der Waals surface area contributed by atoms with Crippen LogP contribution in [0.2, 0.25) is 0 Å². The van der Waals surface area contributed by atoms with E-state index in [4.69, 9.17) is 11.7 Å². The Balaban J connectivity index is 0.000000181. The minimum atomic E-state index is 0.847. The molecular weight excluding hydrogens is 392 g/mol. The summed E-state index contributed by atoms with van der Waals surface area (Å²) in [6, 6.07) is 37.0. The maximum absolute atomic E-state index is 5.24. The van der Waals surface area contributed by atoms with E-state index >= 15 is 0 Å². The molecule has 160 valence electrons. The van der Waals surface area contributed by atoms with Gasteiger partial charge in [0, 0.05) is 0 Å². The van der Waals surface area contributed by atoms with Gasteiger partial charge in [-0.25, -0.2) is 0 Å². The van der Waals surface area contributed by atoms with Crippen molar-refractivity contribution in [2.75, 3.05) is 0 Å². The van der Waals surface area contributed by atoms with Gasteiger partial charge in [-0.1, -0.05) is 109 Å². The number of hydrogen-bond acceptors (Lipinski definition) is 4. The molecule has 0 aliphatic heterocycles. The number of hydrogen-bond donors (Lipinski definition) is 2. The van der Waals surface area contributed by atoms with Gasteiger partial charge in [0.2, 0.25) is 0 Å². The Morgan fingerprint density at radius 1 is 0.438 bits per heavy atom. The highest BCUT2D eigenvalue weighted by molar-refractivity contribution is 5.99. The molecular formula is C28H28N4. The fourth-order valence-corrected chi connectivity index (χ4v) is 3.22. The first-order valence-electron chi connectivity index (χ1n) is 10.4. The summed E-state index contributed by atoms with van der Waals surface area (Å²) in [5.74, 6) is 10.5. The van der Waals surface area contributed by atoms with Crippen molar-refractivity contribution in [1.29, 1.82) is 0 Å². The summed E-state index contributed by atoms with van der Waals surface area (Å²) in [6.45, 7) is 3.80. The number of rotatable bonds is 4. The summed E-state index contributed by atoms with van der Waals surface area (Å²) in [5, 5.41) is 7.36. The Morgan fingerprint density at radius 3 is 1.00 bits per heavy atom. The van der Waals surface area contributed by atoms with Gasteiger partial charge in [0.1, 0.15) is 0 Å². The van der Waals surface area contributed by atoms with E-state index < -0.39 is 0 Å². The molecule has 0 unspecified atom stereocenters. The molecule has 4 nitrogen and oxygen atoms in total. The molecule has 0 heterocycles. The number of nitrogens with zero attached hydrogens (tertiary/aromatic N) is 2. The largest absolute Gasteiger partial charge is 0.323 e. The van der Waals surface area contributed by atoms with Crippen molar-refractivity contribution in [3.8, 4) is 22.3 Å². The smallest absolute Gasteiger partial charge is 0.0641 e. The van der Waals surface area contributed by atoms with Gasteiger partial charge in [-0.15, -0.1) is 0 Å². The summed E-state index contributed by atoms with van der Waals surface area (Å²) in [6.07, 6.45) is 0. The van der Waals surface area contributed by atoms with Gasteiger partial charge in [0.05, 0.1) is 11.4 Å². The Labute approximate surface area is 189 Å². The van der Waals surface area contributed by atoms with Crippen LogP contribution in [0.3, 0.4) is 0 Å². The number of benzene rings is 4. The van der Waals surface area contributed by atoms with Crippen LogP contribution >= 0.6 is 0 Å². The van der Waals surface area contributed by atoms with Gasteiger partial charge in [-0.05, 0) is 47.2 Å². The quantitative estimate of drug-likeness (QED) is 0.239. The monoisotopic (exact) mass is 420 g/mol. The zero-order valence-electron chi connectivity index (χ0n) is 18.4. The topological polar surface area (TPSA) is 76.8 Å². The van der Waals surface area contributed by atoms with Gasteiger partial charge in [0.25, 0.3) is 0 Å². The van der Waals surface area contributed by atoms with Crippen LogP contribution in [0.5, 0.6) is 0 Å². The third kappa shape index (κ3) is 5.92. The summed E-state index contributed by atoms with van der Waals surface area (Å²) in [5.41, 5.74) is 8.65. The summed E-state index contributed by atoms with van der Waals surface area (Å²) >= 11 is 0. The van der Waals surface area contributed by atoms with Crippen molar-refractivity contribution in [1.82, 2.24) is 0 Å². The molecule has 0 aromatic heterocycles. The highest BCUT2D eigenvalue weighted by Gasteiger charge is 2.00. The van der Waals surface area contributed by atoms with Crippen molar-refractivity contribution < 1.29 is 0 Å². The molecule has 0 spiro atoms. The van der Waals surface area contributed by atoms with E-state index in [1.807, 2.05) is 74.5 Å². The molecule has 0 aliphatic carbocycles. The van der Waals surface area contributed by atoms with Crippen molar-refractivity contribution in [2.24, 2.45) is 21.9 Å². The summed E-state index contributed by atoms with van der Waals surface area (Å²) < 4.78 is 0. The minimum Gasteiger partial charge on any atom is -0.323 e. The van der Waals surface area contributed by atoms with Crippen LogP contribution in [0.25, 0.3) is 22.3 Å². The van der Waals surface area contributed by atoms with E-state index in [0.29, 0.717) is 0 Å². The lowest BCUT2D eigenvalue weighted by molar-refractivity contribution is 1.24. The van der Waals surface area contributed by atoms with Crippen LogP contribution < -0.4 is 11.7 Å². The fourth-order valence-electron chi connectivity index (χ4n) is 3.22. The Bertz CT molecular complexity index is 1060. The average molecular weight is 421 g/mol. The van der Waals surface area contributed by atoms with E-state index in [1.54, 1.807) is 0 Å². The van der Waals surface area contributed by atoms with E-state index in [0.717, 1.165) is 22.6 Å². The lowest BCUT2D eigenvalue weighted by atomic mass is 10.0. The van der Waals surface area contributed by atoms with Crippen molar-refractivity contribution in [3.63, 3.8) is 0 Å². The van der Waals surface area contributed by atoms with Gasteiger partial charge in [-0.2, -0.15) is 10.2 Å². The van der Waals surface area contributed by atoms with E-state index in [2.05, 4.69) is 58.7 Å². The van der Waals surface area contributed by atoms with Crippen molar-refractivity contribution in [3.05, 3.63) is 120 Å². The number of nitrogens with two attached hydrogens (primary N) is 2. The second kappa shape index (κ2) is 11.3. The predicted octanol–water partition coefficient (Wildman–Crippen LogP) is 6.07. The van der Waals surface area contributed by atoms with Crippen LogP contribution in [-0.2, 0) is 0 Å². The second-order valence-corrected chi connectivity index (χ2v) is 7.32. The van der Waals surface area contributed by atoms with Crippen LogP contribution in [0.1, 0.15) is 25.0 Å². The second-order valence-electron chi connectivity index (χ2n) is 7.32. The Kier molecular flexibility index (Phi) is 7.93. The van der Waals surface area contributed by atoms with Crippen molar-refractivity contribution in [2.45, 2.75) is 13.8 Å². The summed E-state index contributed by atoms with van der Waals surface area (Å²) in [7, 11) is 0. The molecule has 0 radical (unpaired) electrons. The van der Waals surface area contributed by atoms with E-state index in [1.165, 1.54) is 22.3 Å². The normalized spacial score (nSPS) is 11.4. The fraction of sp³-hybridized carbons (Fsp3) is 0.0714. The number of hydrazone groups is 2. The van der Waals surface area contributed by atoms with E-state index in [-0.39, 0.29) is 0 Å². The minimum absolute atomic E-state index is 0.847. The van der Waals surface area contributed by atoms with Gasteiger partial charge in [0.15, 0.2) is 0 Å². The maximum Gasteiger partial charge on any atom is 0.0641 e. The molecule has 0 amide bonds. The van der Waals surface area contributed by atoms with Crippen LogP contribution in [-0.4, -0.2) is 11.4 Å². The SMILES string of the molecule is C/C(=N\N)c1ccc(-c2ccccc2)cc1.C/C(=N\N)c1ccc(-c2ccccc2)cc1. The first-order chi connectivity index (χ1) is 15.6. The van der Waals surface area contributed by atoms with Gasteiger partial charge < -0.3 is 11.7 Å². The molecule has 32 heavy (non-hydrogen) atoms. The highest BCUT2D eigenvalue weighted by atomic mass is 15.1. The highest BCUT2D eigenvalue weighted by Crippen LogP contribution is 2.20. The Hall–Kier alpha value is -4.18. The first-order valence-corrected chi connectivity index (χ1v) is 10.4. The lowest BCUT2D eigenvalue weighted by Gasteiger charge is -2.03. The predicted molar refractivity (Wildman–Crippen MR) is 137 cm³/mol. The zero-order valence-corrected chi connectivity index (χ0v) is 18.4. The molecule has 0 saturated carbocycles. The molecule has 4 rings (SSSR count).